The van der Waals surface area contributed by atoms with Crippen molar-refractivity contribution in [1.29, 1.82) is 0 Å². The van der Waals surface area contributed by atoms with Gasteiger partial charge in [0.05, 0.1) is 9.67 Å². The summed E-state index contributed by atoms with van der Waals surface area (Å²) in [4.78, 5) is 4.45. The highest BCUT2D eigenvalue weighted by molar-refractivity contribution is 14.1. The second kappa shape index (κ2) is 3.92. The van der Waals surface area contributed by atoms with Crippen molar-refractivity contribution in [3.63, 3.8) is 0 Å². The maximum atomic E-state index is 5.84. The quantitative estimate of drug-likeness (QED) is 0.779. The van der Waals surface area contributed by atoms with E-state index < -0.39 is 0 Å². The predicted octanol–water partition coefficient (Wildman–Crippen LogP) is 3.52. The molecule has 0 unspecified atom stereocenters. The molecule has 1 aromatic heterocycles. The minimum atomic E-state index is 0.0893. The zero-order valence-electron chi connectivity index (χ0n) is 9.38. The molecule has 1 aromatic rings. The van der Waals surface area contributed by atoms with Crippen molar-refractivity contribution in [2.75, 3.05) is 0 Å². The van der Waals surface area contributed by atoms with E-state index in [2.05, 4.69) is 54.4 Å². The monoisotopic (exact) mass is 317 g/mol. The summed E-state index contributed by atoms with van der Waals surface area (Å²) in [5.74, 6) is 0.998. The molecular weight excluding hydrogens is 301 g/mol. The third-order valence-electron chi connectivity index (χ3n) is 2.41. The Labute approximate surface area is 105 Å². The Morgan fingerprint density at radius 1 is 1.40 bits per heavy atom. The van der Waals surface area contributed by atoms with Crippen LogP contribution in [0.15, 0.2) is 12.3 Å². The SMILES string of the molecule is CC(C)(C)c1cc(OC2CC2)c(I)cn1. The van der Waals surface area contributed by atoms with E-state index in [4.69, 9.17) is 4.74 Å². The van der Waals surface area contributed by atoms with Crippen molar-refractivity contribution in [2.45, 2.75) is 45.1 Å². The Morgan fingerprint density at radius 2 is 2.07 bits per heavy atom. The van der Waals surface area contributed by atoms with E-state index in [9.17, 15) is 0 Å². The van der Waals surface area contributed by atoms with Gasteiger partial charge in [-0.2, -0.15) is 0 Å². The first-order valence-corrected chi connectivity index (χ1v) is 6.37. The molecule has 1 fully saturated rings. The lowest BCUT2D eigenvalue weighted by Gasteiger charge is -2.19. The van der Waals surface area contributed by atoms with Gasteiger partial charge in [0, 0.05) is 23.4 Å². The third kappa shape index (κ3) is 2.83. The van der Waals surface area contributed by atoms with Crippen molar-refractivity contribution in [3.05, 3.63) is 21.5 Å². The highest BCUT2D eigenvalue weighted by Gasteiger charge is 2.25. The van der Waals surface area contributed by atoms with Gasteiger partial charge in [0.2, 0.25) is 0 Å². The lowest BCUT2D eigenvalue weighted by Crippen LogP contribution is -2.14. The molecule has 0 radical (unpaired) electrons. The minimum Gasteiger partial charge on any atom is -0.489 e. The molecule has 0 aliphatic heterocycles. The van der Waals surface area contributed by atoms with Gasteiger partial charge in [-0.15, -0.1) is 0 Å². The van der Waals surface area contributed by atoms with Gasteiger partial charge in [-0.1, -0.05) is 20.8 Å². The Kier molecular flexibility index (Phi) is 2.92. The maximum absolute atomic E-state index is 5.84. The Hall–Kier alpha value is -0.320. The van der Waals surface area contributed by atoms with Crippen LogP contribution in [0.5, 0.6) is 5.75 Å². The average molecular weight is 317 g/mol. The van der Waals surface area contributed by atoms with Crippen LogP contribution in [0.25, 0.3) is 0 Å². The molecule has 2 nitrogen and oxygen atoms in total. The molecule has 0 N–H and O–H groups in total. The van der Waals surface area contributed by atoms with Crippen LogP contribution in [0.2, 0.25) is 0 Å². The van der Waals surface area contributed by atoms with E-state index in [1.807, 2.05) is 6.20 Å². The van der Waals surface area contributed by atoms with E-state index in [-0.39, 0.29) is 5.41 Å². The highest BCUT2D eigenvalue weighted by atomic mass is 127. The molecule has 0 bridgehead atoms. The molecule has 1 saturated carbocycles. The summed E-state index contributed by atoms with van der Waals surface area (Å²) in [7, 11) is 0. The summed E-state index contributed by atoms with van der Waals surface area (Å²) < 4.78 is 6.95. The molecule has 2 rings (SSSR count). The molecule has 82 valence electrons. The van der Waals surface area contributed by atoms with Gasteiger partial charge in [-0.3, -0.25) is 4.98 Å². The maximum Gasteiger partial charge on any atom is 0.136 e. The van der Waals surface area contributed by atoms with Gasteiger partial charge in [0.1, 0.15) is 5.75 Å². The number of hydrogen-bond donors (Lipinski definition) is 0. The molecule has 1 heterocycles. The molecule has 0 saturated heterocycles. The van der Waals surface area contributed by atoms with Crippen molar-refractivity contribution in [3.8, 4) is 5.75 Å². The van der Waals surface area contributed by atoms with E-state index in [1.165, 1.54) is 12.8 Å². The van der Waals surface area contributed by atoms with Gasteiger partial charge in [0.25, 0.3) is 0 Å². The summed E-state index contributed by atoms with van der Waals surface area (Å²) >= 11 is 2.28. The van der Waals surface area contributed by atoms with E-state index >= 15 is 0 Å². The van der Waals surface area contributed by atoms with Gasteiger partial charge in [-0.25, -0.2) is 0 Å². The minimum absolute atomic E-state index is 0.0893. The molecule has 0 atom stereocenters. The zero-order valence-corrected chi connectivity index (χ0v) is 11.5. The fourth-order valence-corrected chi connectivity index (χ4v) is 1.71. The topological polar surface area (TPSA) is 22.1 Å². The first kappa shape index (κ1) is 11.2. The summed E-state index contributed by atoms with van der Waals surface area (Å²) in [6, 6.07) is 2.08. The van der Waals surface area contributed by atoms with Crippen LogP contribution in [0.1, 0.15) is 39.3 Å². The van der Waals surface area contributed by atoms with Gasteiger partial charge >= 0.3 is 0 Å². The fourth-order valence-electron chi connectivity index (χ4n) is 1.29. The van der Waals surface area contributed by atoms with Crippen molar-refractivity contribution in [2.24, 2.45) is 0 Å². The standard InChI is InChI=1S/C12H16INO/c1-12(2,3)11-6-10(9(13)7-14-11)15-8-4-5-8/h6-8H,4-5H2,1-3H3. The Bertz CT molecular complexity index is 366. The number of hydrogen-bond acceptors (Lipinski definition) is 2. The number of aromatic nitrogens is 1. The Morgan fingerprint density at radius 3 is 2.60 bits per heavy atom. The van der Waals surface area contributed by atoms with Crippen LogP contribution < -0.4 is 4.74 Å². The van der Waals surface area contributed by atoms with Crippen LogP contribution in [0.3, 0.4) is 0 Å². The van der Waals surface area contributed by atoms with E-state index in [1.54, 1.807) is 0 Å². The van der Waals surface area contributed by atoms with Crippen molar-refractivity contribution >= 4 is 22.6 Å². The third-order valence-corrected chi connectivity index (χ3v) is 3.22. The fraction of sp³-hybridized carbons (Fsp3) is 0.583. The summed E-state index contributed by atoms with van der Waals surface area (Å²) in [5.41, 5.74) is 1.19. The van der Waals surface area contributed by atoms with Gasteiger partial charge < -0.3 is 4.74 Å². The normalized spacial score (nSPS) is 16.5. The lowest BCUT2D eigenvalue weighted by molar-refractivity contribution is 0.299. The predicted molar refractivity (Wildman–Crippen MR) is 69.3 cm³/mol. The van der Waals surface area contributed by atoms with Crippen molar-refractivity contribution in [1.82, 2.24) is 4.98 Å². The Balaban J connectivity index is 2.27. The van der Waals surface area contributed by atoms with Gasteiger partial charge in [-0.05, 0) is 35.4 Å². The van der Waals surface area contributed by atoms with Crippen LogP contribution in [-0.4, -0.2) is 11.1 Å². The summed E-state index contributed by atoms with van der Waals surface area (Å²) in [5, 5.41) is 0. The smallest absolute Gasteiger partial charge is 0.136 e. The number of rotatable bonds is 2. The van der Waals surface area contributed by atoms with E-state index in [0.29, 0.717) is 6.10 Å². The summed E-state index contributed by atoms with van der Waals surface area (Å²) in [6.07, 6.45) is 4.75. The molecular formula is C12H16INO. The second-order valence-electron chi connectivity index (χ2n) is 5.07. The molecule has 1 aliphatic carbocycles. The van der Waals surface area contributed by atoms with Crippen LogP contribution in [0, 0.1) is 3.57 Å². The molecule has 15 heavy (non-hydrogen) atoms. The number of halogens is 1. The number of pyridine rings is 1. The molecule has 1 aliphatic rings. The van der Waals surface area contributed by atoms with Crippen LogP contribution in [0.4, 0.5) is 0 Å². The largest absolute Gasteiger partial charge is 0.489 e. The van der Waals surface area contributed by atoms with Crippen LogP contribution in [-0.2, 0) is 5.41 Å². The number of ether oxygens (including phenoxy) is 1. The van der Waals surface area contributed by atoms with Crippen molar-refractivity contribution < 1.29 is 4.74 Å². The van der Waals surface area contributed by atoms with E-state index in [0.717, 1.165) is 15.0 Å². The molecule has 0 spiro atoms. The number of nitrogens with zero attached hydrogens (tertiary/aromatic N) is 1. The molecule has 0 aromatic carbocycles. The highest BCUT2D eigenvalue weighted by Crippen LogP contribution is 2.32. The lowest BCUT2D eigenvalue weighted by atomic mass is 9.92. The van der Waals surface area contributed by atoms with Crippen LogP contribution >= 0.6 is 22.6 Å². The molecule has 3 heteroatoms. The molecule has 0 amide bonds. The first-order valence-electron chi connectivity index (χ1n) is 5.29. The summed E-state index contributed by atoms with van der Waals surface area (Å²) in [6.45, 7) is 6.51. The van der Waals surface area contributed by atoms with Gasteiger partial charge in [0.15, 0.2) is 0 Å². The zero-order chi connectivity index (χ0) is 11.1. The second-order valence-corrected chi connectivity index (χ2v) is 6.23. The average Bonchev–Trinajstić information content (AvgIpc) is 2.90. The first-order chi connectivity index (χ1) is 6.97.